The Morgan fingerprint density at radius 1 is 1.27 bits per heavy atom. The monoisotopic (exact) mass is 353 g/mol. The van der Waals surface area contributed by atoms with E-state index >= 15 is 0 Å². The third-order valence-corrected chi connectivity index (χ3v) is 4.18. The molecule has 0 spiro atoms. The van der Waals surface area contributed by atoms with Gasteiger partial charge in [-0.2, -0.15) is 0 Å². The molecule has 2 aromatic rings. The lowest BCUT2D eigenvalue weighted by Crippen LogP contribution is -2.28. The number of aromatic nitrogens is 1. The first kappa shape index (κ1) is 17.9. The number of nitrogens with zero attached hydrogens (tertiary/aromatic N) is 2. The zero-order valence-corrected chi connectivity index (χ0v) is 15.2. The van der Waals surface area contributed by atoms with Gasteiger partial charge in [0.2, 0.25) is 11.8 Å². The van der Waals surface area contributed by atoms with Crippen LogP contribution in [0.1, 0.15) is 25.8 Å². The molecule has 1 fully saturated rings. The molecule has 6 heteroatoms. The quantitative estimate of drug-likeness (QED) is 0.896. The fraction of sp³-hybridized carbons (Fsp3) is 0.350. The van der Waals surface area contributed by atoms with Gasteiger partial charge in [-0.15, -0.1) is 0 Å². The summed E-state index contributed by atoms with van der Waals surface area (Å²) >= 11 is 0. The molecule has 0 aliphatic carbocycles. The number of rotatable bonds is 5. The molecule has 1 saturated heterocycles. The van der Waals surface area contributed by atoms with Crippen LogP contribution >= 0.6 is 0 Å². The van der Waals surface area contributed by atoms with Gasteiger partial charge in [-0.25, -0.2) is 4.98 Å². The topological polar surface area (TPSA) is 71.5 Å². The number of hydrogen-bond donors (Lipinski definition) is 1. The van der Waals surface area contributed by atoms with Crippen LogP contribution in [0, 0.1) is 12.8 Å². The van der Waals surface area contributed by atoms with Crippen LogP contribution in [0.5, 0.6) is 5.75 Å². The van der Waals surface area contributed by atoms with E-state index in [-0.39, 0.29) is 24.3 Å². The van der Waals surface area contributed by atoms with E-state index in [9.17, 15) is 9.59 Å². The van der Waals surface area contributed by atoms with Crippen molar-refractivity contribution in [2.45, 2.75) is 33.3 Å². The van der Waals surface area contributed by atoms with E-state index in [1.165, 1.54) is 0 Å². The molecule has 0 unspecified atom stereocenters. The third-order valence-electron chi connectivity index (χ3n) is 4.18. The van der Waals surface area contributed by atoms with Gasteiger partial charge in [0.1, 0.15) is 11.6 Å². The summed E-state index contributed by atoms with van der Waals surface area (Å²) in [7, 11) is 0. The van der Waals surface area contributed by atoms with Crippen molar-refractivity contribution in [1.29, 1.82) is 0 Å². The molecule has 2 amide bonds. The number of benzene rings is 1. The molecule has 0 saturated carbocycles. The lowest BCUT2D eigenvalue weighted by molar-refractivity contribution is -0.122. The zero-order valence-electron chi connectivity index (χ0n) is 15.2. The van der Waals surface area contributed by atoms with Crippen LogP contribution in [0.15, 0.2) is 42.6 Å². The van der Waals surface area contributed by atoms with E-state index in [0.717, 1.165) is 17.0 Å². The molecule has 3 rings (SSSR count). The summed E-state index contributed by atoms with van der Waals surface area (Å²) < 4.78 is 5.62. The fourth-order valence-electron chi connectivity index (χ4n) is 2.94. The summed E-state index contributed by atoms with van der Waals surface area (Å²) in [5, 5.41) is 2.80. The maximum atomic E-state index is 12.5. The van der Waals surface area contributed by atoms with Crippen LogP contribution in [0.2, 0.25) is 0 Å². The molecule has 0 bridgehead atoms. The van der Waals surface area contributed by atoms with Crippen LogP contribution in [0.25, 0.3) is 0 Å². The summed E-state index contributed by atoms with van der Waals surface area (Å²) in [4.78, 5) is 30.6. The molecule has 1 atom stereocenters. The highest BCUT2D eigenvalue weighted by atomic mass is 16.5. The summed E-state index contributed by atoms with van der Waals surface area (Å²) in [5.41, 5.74) is 1.79. The van der Waals surface area contributed by atoms with Crippen LogP contribution in [0.3, 0.4) is 0 Å². The van der Waals surface area contributed by atoms with Crippen molar-refractivity contribution >= 4 is 23.3 Å². The second-order valence-corrected chi connectivity index (χ2v) is 6.77. The Labute approximate surface area is 153 Å². The van der Waals surface area contributed by atoms with Crippen LogP contribution in [-0.4, -0.2) is 29.4 Å². The Morgan fingerprint density at radius 2 is 2.00 bits per heavy atom. The molecule has 2 heterocycles. The Hall–Kier alpha value is -2.89. The number of carbonyl (C=O) groups is 2. The van der Waals surface area contributed by atoms with Gasteiger partial charge in [0.15, 0.2) is 0 Å². The minimum absolute atomic E-state index is 0.0557. The maximum absolute atomic E-state index is 12.5. The van der Waals surface area contributed by atoms with Gasteiger partial charge in [0, 0.05) is 24.8 Å². The molecule has 1 aromatic carbocycles. The molecule has 1 aliphatic rings. The second kappa shape index (κ2) is 7.56. The molecule has 1 aliphatic heterocycles. The highest BCUT2D eigenvalue weighted by Gasteiger charge is 2.35. The highest BCUT2D eigenvalue weighted by Crippen LogP contribution is 2.27. The lowest BCUT2D eigenvalue weighted by Gasteiger charge is -2.18. The molecular weight excluding hydrogens is 330 g/mol. The zero-order chi connectivity index (χ0) is 18.7. The summed E-state index contributed by atoms with van der Waals surface area (Å²) in [6, 6.07) is 11.0. The number of ether oxygens (including phenoxy) is 1. The second-order valence-electron chi connectivity index (χ2n) is 6.77. The van der Waals surface area contributed by atoms with Crippen molar-refractivity contribution in [2.75, 3.05) is 16.8 Å². The standard InChI is InChI=1S/C20H23N3O3/c1-13(2)26-17-6-4-16(5-7-17)23-12-15(11-19(23)24)20(25)22-18-10-14(3)8-9-21-18/h4-10,13,15H,11-12H2,1-3H3,(H,21,22,25)/t15-/m0/s1. The van der Waals surface area contributed by atoms with E-state index in [1.54, 1.807) is 17.2 Å². The van der Waals surface area contributed by atoms with Gasteiger partial charge < -0.3 is 15.0 Å². The smallest absolute Gasteiger partial charge is 0.230 e. The number of anilines is 2. The number of amides is 2. The van der Waals surface area contributed by atoms with Crippen molar-refractivity contribution in [1.82, 2.24) is 4.98 Å². The maximum Gasteiger partial charge on any atom is 0.230 e. The number of aryl methyl sites for hydroxylation is 1. The lowest BCUT2D eigenvalue weighted by atomic mass is 10.1. The van der Waals surface area contributed by atoms with Crippen molar-refractivity contribution in [2.24, 2.45) is 5.92 Å². The van der Waals surface area contributed by atoms with E-state index in [4.69, 9.17) is 4.74 Å². The molecule has 136 valence electrons. The highest BCUT2D eigenvalue weighted by molar-refractivity contribution is 6.03. The Bertz CT molecular complexity index is 802. The molecule has 26 heavy (non-hydrogen) atoms. The van der Waals surface area contributed by atoms with Crippen molar-refractivity contribution in [3.05, 3.63) is 48.2 Å². The predicted molar refractivity (Wildman–Crippen MR) is 100 cm³/mol. The minimum atomic E-state index is -0.392. The number of hydrogen-bond acceptors (Lipinski definition) is 4. The molecule has 6 nitrogen and oxygen atoms in total. The number of carbonyl (C=O) groups excluding carboxylic acids is 2. The Balaban J connectivity index is 1.65. The van der Waals surface area contributed by atoms with Crippen molar-refractivity contribution in [3.63, 3.8) is 0 Å². The number of pyridine rings is 1. The minimum Gasteiger partial charge on any atom is -0.491 e. The van der Waals surface area contributed by atoms with Crippen LogP contribution in [0.4, 0.5) is 11.5 Å². The molecule has 0 radical (unpaired) electrons. The molecular formula is C20H23N3O3. The van der Waals surface area contributed by atoms with Gasteiger partial charge in [-0.3, -0.25) is 9.59 Å². The van der Waals surface area contributed by atoms with Crippen LogP contribution in [-0.2, 0) is 9.59 Å². The summed E-state index contributed by atoms with van der Waals surface area (Å²) in [6.45, 7) is 6.22. The third kappa shape index (κ3) is 4.20. The fourth-order valence-corrected chi connectivity index (χ4v) is 2.94. The molecule has 1 N–H and O–H groups in total. The van der Waals surface area contributed by atoms with E-state index in [1.807, 2.05) is 51.1 Å². The van der Waals surface area contributed by atoms with Gasteiger partial charge in [0.25, 0.3) is 0 Å². The Morgan fingerprint density at radius 3 is 2.65 bits per heavy atom. The van der Waals surface area contributed by atoms with Crippen molar-refractivity contribution < 1.29 is 14.3 Å². The van der Waals surface area contributed by atoms with Gasteiger partial charge in [0.05, 0.1) is 12.0 Å². The van der Waals surface area contributed by atoms with Crippen LogP contribution < -0.4 is 15.0 Å². The van der Waals surface area contributed by atoms with Gasteiger partial charge in [-0.05, 0) is 62.7 Å². The average Bonchev–Trinajstić information content (AvgIpc) is 2.97. The first-order valence-electron chi connectivity index (χ1n) is 8.73. The van der Waals surface area contributed by atoms with Crippen molar-refractivity contribution in [3.8, 4) is 5.75 Å². The average molecular weight is 353 g/mol. The summed E-state index contributed by atoms with van der Waals surface area (Å²) in [6.07, 6.45) is 1.94. The largest absolute Gasteiger partial charge is 0.491 e. The Kier molecular flexibility index (Phi) is 5.21. The first-order chi connectivity index (χ1) is 12.4. The van der Waals surface area contributed by atoms with E-state index in [0.29, 0.717) is 12.4 Å². The number of nitrogens with one attached hydrogen (secondary N) is 1. The first-order valence-corrected chi connectivity index (χ1v) is 8.73. The predicted octanol–water partition coefficient (Wildman–Crippen LogP) is 3.17. The van der Waals surface area contributed by atoms with Gasteiger partial charge in [-0.1, -0.05) is 0 Å². The molecule has 1 aromatic heterocycles. The van der Waals surface area contributed by atoms with E-state index < -0.39 is 5.92 Å². The normalized spacial score (nSPS) is 16.8. The SMILES string of the molecule is Cc1ccnc(NC(=O)[C@H]2CC(=O)N(c3ccc(OC(C)C)cc3)C2)c1. The van der Waals surface area contributed by atoms with E-state index in [2.05, 4.69) is 10.3 Å². The van der Waals surface area contributed by atoms with Gasteiger partial charge >= 0.3 is 0 Å². The summed E-state index contributed by atoms with van der Waals surface area (Å²) in [5.74, 6) is 0.640.